The van der Waals surface area contributed by atoms with Crippen LogP contribution in [0.15, 0.2) is 53.4 Å². The second-order valence-corrected chi connectivity index (χ2v) is 10.7. The van der Waals surface area contributed by atoms with E-state index < -0.39 is 28.3 Å². The van der Waals surface area contributed by atoms with Gasteiger partial charge in [0, 0.05) is 38.0 Å². The number of sulfonamides is 1. The number of fused-ring (bicyclic) bond motifs is 1. The van der Waals surface area contributed by atoms with Crippen molar-refractivity contribution in [2.75, 3.05) is 37.5 Å². The number of hydrogen-bond donors (Lipinski definition) is 2. The molecule has 0 bridgehead atoms. The first-order valence-corrected chi connectivity index (χ1v) is 12.9. The van der Waals surface area contributed by atoms with Crippen LogP contribution in [0.5, 0.6) is 0 Å². The maximum absolute atomic E-state index is 13.0. The number of carbonyl (C=O) groups excluding carboxylic acids is 1. The molecule has 2 aromatic carbocycles. The quantitative estimate of drug-likeness (QED) is 0.474. The van der Waals surface area contributed by atoms with Crippen LogP contribution in [-0.4, -0.2) is 80.1 Å². The lowest BCUT2D eigenvalue weighted by atomic mass is 10.1. The third-order valence-corrected chi connectivity index (χ3v) is 7.77. The maximum atomic E-state index is 13.0. The molecule has 13 heteroatoms. The van der Waals surface area contributed by atoms with Crippen LogP contribution in [0, 0.1) is 0 Å². The number of ether oxygens (including phenoxy) is 2. The first-order chi connectivity index (χ1) is 17.2. The van der Waals surface area contributed by atoms with E-state index in [2.05, 4.69) is 25.6 Å². The van der Waals surface area contributed by atoms with Gasteiger partial charge in [0.05, 0.1) is 24.2 Å². The molecule has 1 amide bonds. The smallest absolute Gasteiger partial charge is 0.240 e. The third kappa shape index (κ3) is 4.69. The molecule has 36 heavy (non-hydrogen) atoms. The van der Waals surface area contributed by atoms with Gasteiger partial charge in [0.25, 0.3) is 0 Å². The Hall–Kier alpha value is -3.39. The minimum absolute atomic E-state index is 0.0820. The van der Waals surface area contributed by atoms with Crippen molar-refractivity contribution < 1.29 is 22.7 Å². The summed E-state index contributed by atoms with van der Waals surface area (Å²) in [6, 6.07) is 13.0. The van der Waals surface area contributed by atoms with E-state index >= 15 is 0 Å². The molecular weight excluding hydrogens is 486 g/mol. The first-order valence-electron chi connectivity index (χ1n) is 11.4. The molecule has 12 nitrogen and oxygen atoms in total. The summed E-state index contributed by atoms with van der Waals surface area (Å²) in [5.74, 6) is 0.351. The van der Waals surface area contributed by atoms with Crippen molar-refractivity contribution >= 4 is 27.3 Å². The number of amides is 1. The molecule has 2 saturated heterocycles. The van der Waals surface area contributed by atoms with Gasteiger partial charge >= 0.3 is 0 Å². The van der Waals surface area contributed by atoms with Gasteiger partial charge in [-0.05, 0) is 59.0 Å². The molecule has 5 rings (SSSR count). The van der Waals surface area contributed by atoms with E-state index in [-0.39, 0.29) is 30.1 Å². The summed E-state index contributed by atoms with van der Waals surface area (Å²) < 4.78 is 42.3. The predicted molar refractivity (Wildman–Crippen MR) is 131 cm³/mol. The Morgan fingerprint density at radius 1 is 1.03 bits per heavy atom. The average molecular weight is 514 g/mol. The minimum atomic E-state index is -3.83. The van der Waals surface area contributed by atoms with E-state index in [0.29, 0.717) is 11.5 Å². The molecule has 0 aliphatic carbocycles. The topological polar surface area (TPSA) is 141 Å². The fourth-order valence-corrected chi connectivity index (χ4v) is 5.72. The fourth-order valence-electron chi connectivity index (χ4n) is 4.49. The zero-order valence-corrected chi connectivity index (χ0v) is 20.8. The lowest BCUT2D eigenvalue weighted by Crippen LogP contribution is -2.44. The molecule has 3 aromatic rings. The summed E-state index contributed by atoms with van der Waals surface area (Å²) in [6.07, 6.45) is -0.903. The van der Waals surface area contributed by atoms with Crippen molar-refractivity contribution in [1.29, 1.82) is 0 Å². The number of tetrazole rings is 1. The van der Waals surface area contributed by atoms with E-state index in [1.165, 1.54) is 31.2 Å². The van der Waals surface area contributed by atoms with Gasteiger partial charge in [-0.15, -0.1) is 5.10 Å². The molecule has 1 aromatic heterocycles. The van der Waals surface area contributed by atoms with Crippen LogP contribution in [0.25, 0.3) is 11.4 Å². The lowest BCUT2D eigenvalue weighted by Gasteiger charge is -2.18. The second-order valence-electron chi connectivity index (χ2n) is 8.98. The maximum Gasteiger partial charge on any atom is 0.240 e. The van der Waals surface area contributed by atoms with Crippen LogP contribution < -0.4 is 14.9 Å². The van der Waals surface area contributed by atoms with Crippen LogP contribution in [0.4, 0.5) is 11.4 Å². The van der Waals surface area contributed by atoms with Crippen LogP contribution in [-0.2, 0) is 24.3 Å². The number of anilines is 2. The molecule has 2 aliphatic rings. The summed E-state index contributed by atoms with van der Waals surface area (Å²) in [5, 5.41) is 14.9. The Kier molecular flexibility index (Phi) is 6.47. The largest absolute Gasteiger partial charge is 0.378 e. The number of benzene rings is 2. The molecule has 0 saturated carbocycles. The van der Waals surface area contributed by atoms with E-state index in [9.17, 15) is 13.2 Å². The van der Waals surface area contributed by atoms with Gasteiger partial charge in [0.2, 0.25) is 15.9 Å². The Balaban J connectivity index is 1.30. The summed E-state index contributed by atoms with van der Waals surface area (Å²) in [7, 11) is 0.105. The molecule has 4 atom stereocenters. The van der Waals surface area contributed by atoms with Crippen molar-refractivity contribution in [2.24, 2.45) is 0 Å². The average Bonchev–Trinajstić information content (AvgIpc) is 3.56. The molecule has 2 aliphatic heterocycles. The summed E-state index contributed by atoms with van der Waals surface area (Å²) in [4.78, 5) is 13.3. The molecule has 190 valence electrons. The summed E-state index contributed by atoms with van der Waals surface area (Å²) in [5.41, 5.74) is 2.43. The van der Waals surface area contributed by atoms with E-state index in [4.69, 9.17) is 9.47 Å². The normalized spacial score (nSPS) is 23.4. The Bertz CT molecular complexity index is 1340. The molecule has 0 spiro atoms. The monoisotopic (exact) mass is 513 g/mol. The zero-order chi connectivity index (χ0) is 25.4. The van der Waals surface area contributed by atoms with E-state index in [1.54, 1.807) is 4.68 Å². The molecule has 0 unspecified atom stereocenters. The highest BCUT2D eigenvalue weighted by molar-refractivity contribution is 7.89. The van der Waals surface area contributed by atoms with Crippen LogP contribution in [0.2, 0.25) is 0 Å². The van der Waals surface area contributed by atoms with Crippen LogP contribution in [0.3, 0.4) is 0 Å². The van der Waals surface area contributed by atoms with Gasteiger partial charge in [-0.2, -0.15) is 0 Å². The Labute approximate surface area is 208 Å². The van der Waals surface area contributed by atoms with Gasteiger partial charge in [-0.3, -0.25) is 4.79 Å². The number of aromatic nitrogens is 4. The van der Waals surface area contributed by atoms with Crippen molar-refractivity contribution in [3.8, 4) is 11.4 Å². The number of rotatable bonds is 7. The summed E-state index contributed by atoms with van der Waals surface area (Å²) in [6.45, 7) is 1.83. The number of hydrogen-bond acceptors (Lipinski definition) is 9. The molecule has 2 fully saturated rings. The Morgan fingerprint density at radius 3 is 2.39 bits per heavy atom. The van der Waals surface area contributed by atoms with Gasteiger partial charge in [0.15, 0.2) is 5.82 Å². The zero-order valence-electron chi connectivity index (χ0n) is 20.0. The second kappa shape index (κ2) is 9.58. The first kappa shape index (κ1) is 24.3. The van der Waals surface area contributed by atoms with Crippen molar-refractivity contribution in [2.45, 2.75) is 36.1 Å². The highest BCUT2D eigenvalue weighted by Gasteiger charge is 2.50. The molecular formula is C23H27N7O5S. The van der Waals surface area contributed by atoms with Gasteiger partial charge in [-0.1, -0.05) is 0 Å². The van der Waals surface area contributed by atoms with Crippen molar-refractivity contribution in [3.05, 3.63) is 48.5 Å². The fraction of sp³-hybridized carbons (Fsp3) is 0.391. The van der Waals surface area contributed by atoms with Gasteiger partial charge in [0.1, 0.15) is 18.2 Å². The van der Waals surface area contributed by atoms with Gasteiger partial charge < -0.3 is 19.7 Å². The number of nitrogens with one attached hydrogen (secondary N) is 2. The lowest BCUT2D eigenvalue weighted by molar-refractivity contribution is -0.114. The number of nitrogens with zero attached hydrogens (tertiary/aromatic N) is 5. The Morgan fingerprint density at radius 2 is 1.72 bits per heavy atom. The van der Waals surface area contributed by atoms with Crippen LogP contribution in [0.1, 0.15) is 13.0 Å². The van der Waals surface area contributed by atoms with Crippen molar-refractivity contribution in [1.82, 2.24) is 24.9 Å². The highest BCUT2D eigenvalue weighted by Crippen LogP contribution is 2.36. The SMILES string of the molecule is CC(=O)Nc1ccc(S(=O)(=O)N[C@@H]2CO[C@@H]3[C@@H]2OC[C@@H]3n2nnnc2-c2ccc(N(C)C)cc2)cc1. The molecule has 0 radical (unpaired) electrons. The van der Waals surface area contributed by atoms with E-state index in [0.717, 1.165) is 11.3 Å². The predicted octanol–water partition coefficient (Wildman–Crippen LogP) is 1.05. The molecule has 3 heterocycles. The minimum Gasteiger partial charge on any atom is -0.378 e. The van der Waals surface area contributed by atoms with Crippen LogP contribution >= 0.6 is 0 Å². The number of carbonyl (C=O) groups is 1. The third-order valence-electron chi connectivity index (χ3n) is 6.27. The van der Waals surface area contributed by atoms with E-state index in [1.807, 2.05) is 43.3 Å². The van der Waals surface area contributed by atoms with Gasteiger partial charge in [-0.25, -0.2) is 17.8 Å². The summed E-state index contributed by atoms with van der Waals surface area (Å²) >= 11 is 0. The van der Waals surface area contributed by atoms with Crippen molar-refractivity contribution in [3.63, 3.8) is 0 Å². The molecule has 2 N–H and O–H groups in total. The standard InChI is InChI=1S/C23H27N7O5S/c1-14(31)24-16-6-10-18(11-7-16)36(32,33)26-19-12-34-22-20(13-35-21(19)22)30-23(25-27-28-30)15-4-8-17(9-5-15)29(2)3/h4-11,19-22,26H,12-13H2,1-3H3,(H,24,31)/t19-,20+,21-,22+/m1/s1. The highest BCUT2D eigenvalue weighted by atomic mass is 32.2.